The Labute approximate surface area is 125 Å². The maximum atomic E-state index is 11.8. The Bertz CT molecular complexity index is 661. The van der Waals surface area contributed by atoms with Crippen LogP contribution in [0.4, 0.5) is 5.69 Å². The summed E-state index contributed by atoms with van der Waals surface area (Å²) < 4.78 is 0. The quantitative estimate of drug-likeness (QED) is 0.679. The average Bonchev–Trinajstić information content (AvgIpc) is 2.48. The van der Waals surface area contributed by atoms with Gasteiger partial charge in [-0.25, -0.2) is 5.48 Å². The lowest BCUT2D eigenvalue weighted by Gasteiger charge is -2.06. The van der Waals surface area contributed by atoms with Gasteiger partial charge in [0, 0.05) is 11.6 Å². The van der Waals surface area contributed by atoms with Gasteiger partial charge in [0.25, 0.3) is 11.6 Å². The van der Waals surface area contributed by atoms with Crippen LogP contribution in [0.3, 0.4) is 0 Å². The molecular weight excluding hydrogens is 296 g/mol. The molecule has 0 atom stereocenters. The summed E-state index contributed by atoms with van der Waals surface area (Å²) in [5, 5.41) is 10.7. The van der Waals surface area contributed by atoms with Crippen LogP contribution < -0.4 is 5.48 Å². The van der Waals surface area contributed by atoms with Crippen LogP contribution in [-0.2, 0) is 11.4 Å². The largest absolute Gasteiger partial charge is 0.288 e. The van der Waals surface area contributed by atoms with Gasteiger partial charge in [-0.05, 0) is 17.7 Å². The Balaban J connectivity index is 1.97. The second-order valence-corrected chi connectivity index (χ2v) is 4.54. The molecule has 21 heavy (non-hydrogen) atoms. The number of nitrogens with one attached hydrogen (secondary N) is 1. The number of carbonyl (C=O) groups excluding carboxylic acids is 1. The lowest BCUT2D eigenvalue weighted by atomic mass is 10.2. The molecule has 1 N–H and O–H groups in total. The van der Waals surface area contributed by atoms with Crippen LogP contribution in [0.5, 0.6) is 0 Å². The van der Waals surface area contributed by atoms with Crippen molar-refractivity contribution >= 4 is 23.2 Å². The molecule has 0 unspecified atom stereocenters. The third-order valence-electron chi connectivity index (χ3n) is 2.65. The van der Waals surface area contributed by atoms with E-state index in [0.717, 1.165) is 11.6 Å². The number of hydrogen-bond acceptors (Lipinski definition) is 4. The first-order chi connectivity index (χ1) is 10.1. The molecule has 0 aliphatic rings. The van der Waals surface area contributed by atoms with Crippen LogP contribution in [-0.4, -0.2) is 10.8 Å². The second kappa shape index (κ2) is 6.83. The summed E-state index contributed by atoms with van der Waals surface area (Å²) in [6.07, 6.45) is 0. The third-order valence-corrected chi connectivity index (χ3v) is 2.97. The number of rotatable bonds is 5. The molecule has 0 spiro atoms. The van der Waals surface area contributed by atoms with Crippen LogP contribution in [0.15, 0.2) is 48.5 Å². The van der Waals surface area contributed by atoms with Crippen molar-refractivity contribution in [3.63, 3.8) is 0 Å². The van der Waals surface area contributed by atoms with Crippen molar-refractivity contribution in [2.75, 3.05) is 0 Å². The van der Waals surface area contributed by atoms with Gasteiger partial charge in [0.1, 0.15) is 5.02 Å². The van der Waals surface area contributed by atoms with Gasteiger partial charge in [-0.15, -0.1) is 0 Å². The molecule has 0 heterocycles. The minimum absolute atomic E-state index is 0.0262. The Morgan fingerprint density at radius 3 is 2.62 bits per heavy atom. The van der Waals surface area contributed by atoms with Crippen molar-refractivity contribution in [1.29, 1.82) is 0 Å². The number of benzene rings is 2. The molecule has 7 heteroatoms. The average molecular weight is 307 g/mol. The van der Waals surface area contributed by atoms with E-state index in [1.54, 1.807) is 0 Å². The number of hydroxylamine groups is 1. The standard InChI is InChI=1S/C14H11ClN2O4/c15-12-7-6-11(8-13(12)17(19)20)14(18)16-21-9-10-4-2-1-3-5-10/h1-8H,9H2,(H,16,18). The van der Waals surface area contributed by atoms with Gasteiger partial charge in [-0.2, -0.15) is 0 Å². The number of hydrogen-bond donors (Lipinski definition) is 1. The number of nitro groups is 1. The molecule has 6 nitrogen and oxygen atoms in total. The zero-order valence-electron chi connectivity index (χ0n) is 10.8. The highest BCUT2D eigenvalue weighted by atomic mass is 35.5. The number of amides is 1. The summed E-state index contributed by atoms with van der Waals surface area (Å²) in [5.74, 6) is -0.578. The number of carbonyl (C=O) groups is 1. The second-order valence-electron chi connectivity index (χ2n) is 4.13. The summed E-state index contributed by atoms with van der Waals surface area (Å²) in [5.41, 5.74) is 2.89. The Hall–Kier alpha value is -2.44. The molecule has 2 aromatic rings. The molecule has 0 saturated carbocycles. The minimum atomic E-state index is -0.649. The van der Waals surface area contributed by atoms with E-state index < -0.39 is 10.8 Å². The van der Waals surface area contributed by atoms with Crippen molar-refractivity contribution in [1.82, 2.24) is 5.48 Å². The molecule has 2 rings (SSSR count). The fraction of sp³-hybridized carbons (Fsp3) is 0.0714. The molecule has 0 aromatic heterocycles. The molecule has 0 aliphatic heterocycles. The van der Waals surface area contributed by atoms with Crippen molar-refractivity contribution in [3.8, 4) is 0 Å². The summed E-state index contributed by atoms with van der Waals surface area (Å²) >= 11 is 5.68. The summed E-state index contributed by atoms with van der Waals surface area (Å²) in [7, 11) is 0. The smallest absolute Gasteiger partial charge is 0.269 e. The Morgan fingerprint density at radius 2 is 1.95 bits per heavy atom. The van der Waals surface area contributed by atoms with Crippen LogP contribution in [0.25, 0.3) is 0 Å². The normalized spacial score (nSPS) is 10.1. The molecule has 0 bridgehead atoms. The summed E-state index contributed by atoms with van der Waals surface area (Å²) in [6.45, 7) is 0.197. The highest BCUT2D eigenvalue weighted by Gasteiger charge is 2.16. The van der Waals surface area contributed by atoms with E-state index in [1.807, 2.05) is 30.3 Å². The van der Waals surface area contributed by atoms with Crippen LogP contribution in [0, 0.1) is 10.1 Å². The summed E-state index contributed by atoms with van der Waals surface area (Å²) in [6, 6.07) is 13.0. The Kier molecular flexibility index (Phi) is 4.86. The van der Waals surface area contributed by atoms with E-state index in [4.69, 9.17) is 16.4 Å². The van der Waals surface area contributed by atoms with Crippen LogP contribution in [0.1, 0.15) is 15.9 Å². The molecule has 0 saturated heterocycles. The predicted molar refractivity (Wildman–Crippen MR) is 76.8 cm³/mol. The monoisotopic (exact) mass is 306 g/mol. The zero-order chi connectivity index (χ0) is 15.2. The topological polar surface area (TPSA) is 81.5 Å². The van der Waals surface area contributed by atoms with Crippen molar-refractivity contribution < 1.29 is 14.6 Å². The number of nitrogens with zero attached hydrogens (tertiary/aromatic N) is 1. The van der Waals surface area contributed by atoms with Gasteiger partial charge >= 0.3 is 0 Å². The van der Waals surface area contributed by atoms with Crippen molar-refractivity contribution in [2.24, 2.45) is 0 Å². The first-order valence-electron chi connectivity index (χ1n) is 5.98. The Morgan fingerprint density at radius 1 is 1.24 bits per heavy atom. The van der Waals surface area contributed by atoms with E-state index >= 15 is 0 Å². The highest BCUT2D eigenvalue weighted by molar-refractivity contribution is 6.32. The first-order valence-corrected chi connectivity index (χ1v) is 6.35. The fourth-order valence-electron chi connectivity index (χ4n) is 1.61. The molecule has 2 aromatic carbocycles. The van der Waals surface area contributed by atoms with E-state index in [2.05, 4.69) is 5.48 Å². The van der Waals surface area contributed by atoms with Crippen molar-refractivity contribution in [3.05, 3.63) is 74.8 Å². The molecular formula is C14H11ClN2O4. The van der Waals surface area contributed by atoms with E-state index in [9.17, 15) is 14.9 Å². The van der Waals surface area contributed by atoms with Crippen LogP contribution in [0.2, 0.25) is 5.02 Å². The lowest BCUT2D eigenvalue weighted by Crippen LogP contribution is -2.23. The third kappa shape index (κ3) is 4.01. The van der Waals surface area contributed by atoms with E-state index in [1.165, 1.54) is 12.1 Å². The fourth-order valence-corrected chi connectivity index (χ4v) is 1.80. The predicted octanol–water partition coefficient (Wildman–Crippen LogP) is 3.11. The SMILES string of the molecule is O=C(NOCc1ccccc1)c1ccc(Cl)c([N+](=O)[O-])c1. The molecule has 0 aliphatic carbocycles. The van der Waals surface area contributed by atoms with Gasteiger partial charge < -0.3 is 0 Å². The van der Waals surface area contributed by atoms with Crippen LogP contribution >= 0.6 is 11.6 Å². The summed E-state index contributed by atoms with van der Waals surface area (Å²) in [4.78, 5) is 27.0. The first kappa shape index (κ1) is 15.0. The van der Waals surface area contributed by atoms with E-state index in [-0.39, 0.29) is 22.9 Å². The maximum Gasteiger partial charge on any atom is 0.288 e. The minimum Gasteiger partial charge on any atom is -0.269 e. The number of nitro benzene ring substituents is 1. The van der Waals surface area contributed by atoms with Gasteiger partial charge in [0.2, 0.25) is 0 Å². The molecule has 0 fully saturated rings. The highest BCUT2D eigenvalue weighted by Crippen LogP contribution is 2.24. The molecule has 1 amide bonds. The van der Waals surface area contributed by atoms with Gasteiger partial charge in [0.15, 0.2) is 0 Å². The lowest BCUT2D eigenvalue weighted by molar-refractivity contribution is -0.384. The zero-order valence-corrected chi connectivity index (χ0v) is 11.5. The maximum absolute atomic E-state index is 11.8. The van der Waals surface area contributed by atoms with Gasteiger partial charge in [-0.3, -0.25) is 19.7 Å². The molecule has 0 radical (unpaired) electrons. The van der Waals surface area contributed by atoms with Gasteiger partial charge in [-0.1, -0.05) is 41.9 Å². The molecule has 108 valence electrons. The number of halogens is 1. The van der Waals surface area contributed by atoms with E-state index in [0.29, 0.717) is 0 Å². The van der Waals surface area contributed by atoms with Gasteiger partial charge in [0.05, 0.1) is 11.5 Å². The van der Waals surface area contributed by atoms with Crippen molar-refractivity contribution in [2.45, 2.75) is 6.61 Å².